The van der Waals surface area contributed by atoms with Crippen LogP contribution in [-0.4, -0.2) is 57.1 Å². The van der Waals surface area contributed by atoms with Crippen molar-refractivity contribution in [2.75, 3.05) is 30.3 Å². The Labute approximate surface area is 258 Å². The number of anilines is 1. The summed E-state index contributed by atoms with van der Waals surface area (Å²) in [5.74, 6) is -0.757. The van der Waals surface area contributed by atoms with Crippen molar-refractivity contribution >= 4 is 39.3 Å². The van der Waals surface area contributed by atoms with E-state index in [1.807, 2.05) is 20.1 Å². The summed E-state index contributed by atoms with van der Waals surface area (Å²) in [5.41, 5.74) is 0.880. The molecule has 3 aromatic rings. The number of nitrogens with zero attached hydrogens (tertiary/aromatic N) is 2. The number of amides is 2. The Balaban J connectivity index is 2.04. The van der Waals surface area contributed by atoms with Gasteiger partial charge in [0.25, 0.3) is 10.0 Å². The van der Waals surface area contributed by atoms with E-state index in [1.165, 1.54) is 40.9 Å². The minimum atomic E-state index is -4.20. The molecule has 0 spiro atoms. The van der Waals surface area contributed by atoms with Crippen molar-refractivity contribution in [1.29, 1.82) is 0 Å². The van der Waals surface area contributed by atoms with Crippen molar-refractivity contribution in [1.82, 2.24) is 10.2 Å². The molecule has 11 heteroatoms. The van der Waals surface area contributed by atoms with Gasteiger partial charge < -0.3 is 15.0 Å². The van der Waals surface area contributed by atoms with E-state index in [0.717, 1.165) is 22.0 Å². The molecule has 232 valence electrons. The van der Waals surface area contributed by atoms with Gasteiger partial charge in [0.2, 0.25) is 11.8 Å². The first-order valence-electron chi connectivity index (χ1n) is 14.4. The molecule has 0 aliphatic carbocycles. The number of hydrogen-bond acceptors (Lipinski definition) is 6. The minimum absolute atomic E-state index is 0.00158. The van der Waals surface area contributed by atoms with Crippen LogP contribution >= 0.6 is 11.8 Å². The van der Waals surface area contributed by atoms with Crippen LogP contribution in [0.4, 0.5) is 10.1 Å². The molecule has 3 rings (SSSR count). The lowest BCUT2D eigenvalue weighted by Crippen LogP contribution is -2.52. The molecule has 0 fully saturated rings. The van der Waals surface area contributed by atoms with Gasteiger partial charge in [0.15, 0.2) is 0 Å². The second kappa shape index (κ2) is 16.3. The largest absolute Gasteiger partial charge is 0.494 e. The molecule has 0 heterocycles. The average molecular weight is 630 g/mol. The van der Waals surface area contributed by atoms with Crippen LogP contribution in [0.25, 0.3) is 0 Å². The lowest BCUT2D eigenvalue weighted by atomic mass is 10.1. The van der Waals surface area contributed by atoms with Gasteiger partial charge in [-0.2, -0.15) is 0 Å². The van der Waals surface area contributed by atoms with Crippen LogP contribution in [0, 0.1) is 5.82 Å². The fraction of sp³-hybridized carbons (Fsp3) is 0.375. The Morgan fingerprint density at radius 1 is 0.953 bits per heavy atom. The molecule has 1 N–H and O–H groups in total. The number of carbonyl (C=O) groups excluding carboxylic acids is 2. The molecule has 8 nitrogen and oxygen atoms in total. The molecule has 2 amide bonds. The third-order valence-electron chi connectivity index (χ3n) is 6.84. The number of halogens is 1. The highest BCUT2D eigenvalue weighted by molar-refractivity contribution is 7.98. The second-order valence-corrected chi connectivity index (χ2v) is 12.6. The Kier molecular flexibility index (Phi) is 12.9. The van der Waals surface area contributed by atoms with E-state index < -0.39 is 34.3 Å². The molecule has 0 aliphatic rings. The molecule has 3 aromatic carbocycles. The molecule has 1 atom stereocenters. The van der Waals surface area contributed by atoms with E-state index in [-0.39, 0.29) is 23.0 Å². The van der Waals surface area contributed by atoms with Crippen molar-refractivity contribution in [3.05, 3.63) is 84.2 Å². The Morgan fingerprint density at radius 2 is 1.60 bits per heavy atom. The molecule has 0 saturated carbocycles. The van der Waals surface area contributed by atoms with Crippen molar-refractivity contribution in [3.63, 3.8) is 0 Å². The molecular weight excluding hydrogens is 590 g/mol. The molecule has 0 aromatic heterocycles. The van der Waals surface area contributed by atoms with Crippen molar-refractivity contribution in [3.8, 4) is 5.75 Å². The summed E-state index contributed by atoms with van der Waals surface area (Å²) < 4.78 is 48.3. The predicted molar refractivity (Wildman–Crippen MR) is 169 cm³/mol. The molecule has 1 unspecified atom stereocenters. The van der Waals surface area contributed by atoms with Crippen LogP contribution in [0.1, 0.15) is 45.6 Å². The summed E-state index contributed by atoms with van der Waals surface area (Å²) in [6.07, 6.45) is 3.87. The highest BCUT2D eigenvalue weighted by Crippen LogP contribution is 2.28. The summed E-state index contributed by atoms with van der Waals surface area (Å²) in [4.78, 5) is 29.7. The second-order valence-electron chi connectivity index (χ2n) is 9.83. The van der Waals surface area contributed by atoms with Crippen molar-refractivity contribution in [2.45, 2.75) is 62.4 Å². The highest BCUT2D eigenvalue weighted by atomic mass is 32.2. The summed E-state index contributed by atoms with van der Waals surface area (Å²) in [6, 6.07) is 17.7. The van der Waals surface area contributed by atoms with Crippen molar-refractivity contribution in [2.24, 2.45) is 0 Å². The normalized spacial score (nSPS) is 11.9. The number of sulfonamides is 1. The minimum Gasteiger partial charge on any atom is -0.494 e. The smallest absolute Gasteiger partial charge is 0.264 e. The Morgan fingerprint density at radius 3 is 2.16 bits per heavy atom. The first-order valence-corrected chi connectivity index (χ1v) is 17.0. The number of nitrogens with one attached hydrogen (secondary N) is 1. The maximum Gasteiger partial charge on any atom is 0.264 e. The third-order valence-corrected chi connectivity index (χ3v) is 9.38. The lowest BCUT2D eigenvalue weighted by Gasteiger charge is -2.33. The number of unbranched alkanes of at least 4 members (excludes halogenated alkanes) is 1. The van der Waals surface area contributed by atoms with E-state index in [1.54, 1.807) is 55.5 Å². The lowest BCUT2D eigenvalue weighted by molar-refractivity contribution is -0.140. The maximum absolute atomic E-state index is 14.1. The number of ether oxygens (including phenoxy) is 1. The highest BCUT2D eigenvalue weighted by Gasteiger charge is 2.33. The topological polar surface area (TPSA) is 96.0 Å². The van der Waals surface area contributed by atoms with Crippen LogP contribution in [0.3, 0.4) is 0 Å². The van der Waals surface area contributed by atoms with Crippen LogP contribution in [0.5, 0.6) is 5.75 Å². The molecule has 0 bridgehead atoms. The molecular formula is C32H40FN3O5S2. The summed E-state index contributed by atoms with van der Waals surface area (Å²) >= 11 is 1.49. The van der Waals surface area contributed by atoms with Gasteiger partial charge in [-0.05, 0) is 92.2 Å². The van der Waals surface area contributed by atoms with E-state index in [2.05, 4.69) is 5.32 Å². The van der Waals surface area contributed by atoms with Gasteiger partial charge in [-0.1, -0.05) is 32.4 Å². The third kappa shape index (κ3) is 9.21. The SMILES string of the molecule is CCCCNC(=O)C(CC)N(Cc1ccc(F)cc1)C(=O)CN(c1ccc(OCC)cc1)S(=O)(=O)c1ccc(SC)cc1. The number of carbonyl (C=O) groups is 2. The zero-order valence-corrected chi connectivity index (χ0v) is 26.7. The first-order chi connectivity index (χ1) is 20.6. The molecule has 0 radical (unpaired) electrons. The Bertz CT molecular complexity index is 1430. The summed E-state index contributed by atoms with van der Waals surface area (Å²) in [7, 11) is -4.20. The average Bonchev–Trinajstić information content (AvgIpc) is 3.01. The van der Waals surface area contributed by atoms with Gasteiger partial charge in [-0.3, -0.25) is 13.9 Å². The van der Waals surface area contributed by atoms with E-state index in [0.29, 0.717) is 30.9 Å². The maximum atomic E-state index is 14.1. The van der Waals surface area contributed by atoms with Crippen LogP contribution in [0.2, 0.25) is 0 Å². The van der Waals surface area contributed by atoms with Gasteiger partial charge in [0.1, 0.15) is 24.2 Å². The number of hydrogen-bond donors (Lipinski definition) is 1. The Hall–Kier alpha value is -3.57. The fourth-order valence-electron chi connectivity index (χ4n) is 4.49. The standard InChI is InChI=1S/C32H40FN3O5S2/c1-5-8-21-34-32(38)30(6-2)35(22-24-9-11-25(33)12-10-24)31(37)23-36(26-13-15-27(16-14-26)41-7-3)43(39,40)29-19-17-28(42-4)18-20-29/h9-20,30H,5-8,21-23H2,1-4H3,(H,34,38). The first kappa shape index (κ1) is 33.9. The quantitative estimate of drug-likeness (QED) is 0.157. The summed E-state index contributed by atoms with van der Waals surface area (Å²) in [5, 5.41) is 2.89. The van der Waals surface area contributed by atoms with Gasteiger partial charge in [0.05, 0.1) is 17.2 Å². The number of rotatable bonds is 16. The zero-order chi connectivity index (χ0) is 31.4. The zero-order valence-electron chi connectivity index (χ0n) is 25.1. The monoisotopic (exact) mass is 629 g/mol. The fourth-order valence-corrected chi connectivity index (χ4v) is 6.31. The van der Waals surface area contributed by atoms with Crippen molar-refractivity contribution < 1.29 is 27.1 Å². The number of benzene rings is 3. The van der Waals surface area contributed by atoms with Gasteiger partial charge in [0, 0.05) is 18.0 Å². The van der Waals surface area contributed by atoms with E-state index >= 15 is 0 Å². The van der Waals surface area contributed by atoms with E-state index in [9.17, 15) is 22.4 Å². The number of thioether (sulfide) groups is 1. The van der Waals surface area contributed by atoms with Gasteiger partial charge >= 0.3 is 0 Å². The van der Waals surface area contributed by atoms with Crippen LogP contribution in [0.15, 0.2) is 82.6 Å². The predicted octanol–water partition coefficient (Wildman–Crippen LogP) is 5.87. The van der Waals surface area contributed by atoms with Gasteiger partial charge in [-0.25, -0.2) is 12.8 Å². The molecule has 0 saturated heterocycles. The van der Waals surface area contributed by atoms with Crippen LogP contribution < -0.4 is 14.4 Å². The van der Waals surface area contributed by atoms with E-state index in [4.69, 9.17) is 4.74 Å². The van der Waals surface area contributed by atoms with Gasteiger partial charge in [-0.15, -0.1) is 11.8 Å². The van der Waals surface area contributed by atoms with Crippen LogP contribution in [-0.2, 0) is 26.2 Å². The molecule has 0 aliphatic heterocycles. The molecule has 43 heavy (non-hydrogen) atoms. The summed E-state index contributed by atoms with van der Waals surface area (Å²) in [6.45, 7) is 6.00.